The van der Waals surface area contributed by atoms with Crippen molar-refractivity contribution in [3.8, 4) is 0 Å². The topological polar surface area (TPSA) is 135 Å². The Kier molecular flexibility index (Phi) is 5.78. The SMILES string of the molecule is CC(C)NC(=O)c1cccc(NC(=O)c2nc(C3CC3)cnc2Nc2cncnc2)n1. The van der Waals surface area contributed by atoms with Crippen LogP contribution in [0.2, 0.25) is 0 Å². The van der Waals surface area contributed by atoms with E-state index < -0.39 is 5.91 Å². The number of carbonyl (C=O) groups excluding carboxylic acids is 2. The molecule has 0 saturated heterocycles. The molecule has 1 aliphatic rings. The summed E-state index contributed by atoms with van der Waals surface area (Å²) >= 11 is 0. The van der Waals surface area contributed by atoms with E-state index in [1.54, 1.807) is 36.8 Å². The van der Waals surface area contributed by atoms with Crippen LogP contribution in [0, 0.1) is 0 Å². The van der Waals surface area contributed by atoms with Gasteiger partial charge in [-0.05, 0) is 38.8 Å². The zero-order valence-electron chi connectivity index (χ0n) is 17.2. The molecule has 0 aromatic carbocycles. The molecule has 3 aromatic heterocycles. The Hall–Kier alpha value is -3.95. The highest BCUT2D eigenvalue weighted by Crippen LogP contribution is 2.39. The number of aromatic nitrogens is 5. The number of hydrogen-bond donors (Lipinski definition) is 3. The van der Waals surface area contributed by atoms with Gasteiger partial charge in [-0.25, -0.2) is 24.9 Å². The van der Waals surface area contributed by atoms with Crippen molar-refractivity contribution in [2.24, 2.45) is 0 Å². The van der Waals surface area contributed by atoms with E-state index in [1.165, 1.54) is 6.33 Å². The zero-order valence-corrected chi connectivity index (χ0v) is 17.2. The van der Waals surface area contributed by atoms with Gasteiger partial charge in [-0.3, -0.25) is 9.59 Å². The minimum Gasteiger partial charge on any atom is -0.349 e. The van der Waals surface area contributed by atoms with Crippen molar-refractivity contribution in [1.29, 1.82) is 0 Å². The molecule has 0 spiro atoms. The van der Waals surface area contributed by atoms with Crippen molar-refractivity contribution in [2.45, 2.75) is 38.6 Å². The van der Waals surface area contributed by atoms with Crippen LogP contribution in [0.25, 0.3) is 0 Å². The monoisotopic (exact) mass is 418 g/mol. The first-order valence-corrected chi connectivity index (χ1v) is 9.98. The molecule has 0 unspecified atom stereocenters. The van der Waals surface area contributed by atoms with Crippen LogP contribution < -0.4 is 16.0 Å². The Morgan fingerprint density at radius 1 is 1.03 bits per heavy atom. The van der Waals surface area contributed by atoms with E-state index in [0.29, 0.717) is 11.6 Å². The van der Waals surface area contributed by atoms with E-state index in [-0.39, 0.29) is 35.0 Å². The standard InChI is InChI=1S/C21H22N8O2/c1-12(2)25-20(30)15-4-3-5-17(27-15)29-21(31)18-19(26-14-8-22-11-23-9-14)24-10-16(28-18)13-6-7-13/h3-5,8-13H,6-7H2,1-2H3,(H,24,26)(H,25,30)(H,27,29,31). The number of rotatable bonds is 7. The second kappa shape index (κ2) is 8.82. The number of nitrogens with one attached hydrogen (secondary N) is 3. The summed E-state index contributed by atoms with van der Waals surface area (Å²) in [4.78, 5) is 46.4. The van der Waals surface area contributed by atoms with Gasteiger partial charge in [0.2, 0.25) is 0 Å². The quantitative estimate of drug-likeness (QED) is 0.533. The van der Waals surface area contributed by atoms with Crippen LogP contribution in [0.5, 0.6) is 0 Å². The fourth-order valence-corrected chi connectivity index (χ4v) is 2.87. The van der Waals surface area contributed by atoms with Gasteiger partial charge < -0.3 is 16.0 Å². The highest BCUT2D eigenvalue weighted by atomic mass is 16.2. The molecule has 1 fully saturated rings. The number of pyridine rings is 1. The first-order chi connectivity index (χ1) is 15.0. The number of nitrogens with zero attached hydrogens (tertiary/aromatic N) is 5. The molecular weight excluding hydrogens is 396 g/mol. The van der Waals surface area contributed by atoms with E-state index in [2.05, 4.69) is 40.9 Å². The first-order valence-electron chi connectivity index (χ1n) is 9.98. The summed E-state index contributed by atoms with van der Waals surface area (Å²) in [7, 11) is 0. The van der Waals surface area contributed by atoms with Gasteiger partial charge in [-0.1, -0.05) is 6.07 Å². The molecule has 3 N–H and O–H groups in total. The van der Waals surface area contributed by atoms with Crippen LogP contribution in [0.15, 0.2) is 43.1 Å². The molecule has 158 valence electrons. The Balaban J connectivity index is 1.58. The number of anilines is 3. The van der Waals surface area contributed by atoms with Crippen LogP contribution >= 0.6 is 0 Å². The zero-order chi connectivity index (χ0) is 21.8. The second-order valence-electron chi connectivity index (χ2n) is 7.51. The van der Waals surface area contributed by atoms with Gasteiger partial charge in [0.05, 0.1) is 30.0 Å². The third kappa shape index (κ3) is 5.16. The van der Waals surface area contributed by atoms with E-state index in [1.807, 2.05) is 13.8 Å². The predicted molar refractivity (Wildman–Crippen MR) is 114 cm³/mol. The lowest BCUT2D eigenvalue weighted by Gasteiger charge is -2.12. The Labute approximate surface area is 179 Å². The molecule has 0 bridgehead atoms. The summed E-state index contributed by atoms with van der Waals surface area (Å²) in [6.07, 6.45) is 8.30. The molecule has 3 aromatic rings. The van der Waals surface area contributed by atoms with Crippen molar-refractivity contribution in [2.75, 3.05) is 10.6 Å². The summed E-state index contributed by atoms with van der Waals surface area (Å²) in [5.41, 5.74) is 1.70. The highest BCUT2D eigenvalue weighted by Gasteiger charge is 2.28. The summed E-state index contributed by atoms with van der Waals surface area (Å²) in [5.74, 6) is 0.0603. The molecule has 0 atom stereocenters. The molecule has 31 heavy (non-hydrogen) atoms. The summed E-state index contributed by atoms with van der Waals surface area (Å²) < 4.78 is 0. The van der Waals surface area contributed by atoms with Gasteiger partial charge in [0, 0.05) is 12.0 Å². The number of carbonyl (C=O) groups is 2. The average molecular weight is 418 g/mol. The summed E-state index contributed by atoms with van der Waals surface area (Å²) in [6, 6.07) is 4.83. The predicted octanol–water partition coefficient (Wildman–Crippen LogP) is 2.67. The maximum Gasteiger partial charge on any atom is 0.279 e. The van der Waals surface area contributed by atoms with Crippen molar-refractivity contribution < 1.29 is 9.59 Å². The van der Waals surface area contributed by atoms with E-state index in [0.717, 1.165) is 18.5 Å². The second-order valence-corrected chi connectivity index (χ2v) is 7.51. The van der Waals surface area contributed by atoms with Crippen LogP contribution in [0.1, 0.15) is 59.3 Å². The van der Waals surface area contributed by atoms with Gasteiger partial charge >= 0.3 is 0 Å². The van der Waals surface area contributed by atoms with Gasteiger partial charge in [-0.15, -0.1) is 0 Å². The smallest absolute Gasteiger partial charge is 0.279 e. The Morgan fingerprint density at radius 3 is 2.52 bits per heavy atom. The van der Waals surface area contributed by atoms with Crippen LogP contribution in [-0.4, -0.2) is 42.8 Å². The van der Waals surface area contributed by atoms with Gasteiger partial charge in [-0.2, -0.15) is 0 Å². The van der Waals surface area contributed by atoms with Crippen molar-refractivity contribution in [3.63, 3.8) is 0 Å². The lowest BCUT2D eigenvalue weighted by atomic mass is 10.2. The molecule has 0 radical (unpaired) electrons. The van der Waals surface area contributed by atoms with Crippen molar-refractivity contribution in [3.05, 3.63) is 60.2 Å². The average Bonchev–Trinajstić information content (AvgIpc) is 3.60. The molecule has 0 aliphatic heterocycles. The minimum atomic E-state index is -0.483. The van der Waals surface area contributed by atoms with Crippen molar-refractivity contribution >= 4 is 29.1 Å². The molecule has 10 nitrogen and oxygen atoms in total. The Morgan fingerprint density at radius 2 is 1.81 bits per heavy atom. The third-order valence-electron chi connectivity index (χ3n) is 4.47. The molecular formula is C21H22N8O2. The molecule has 1 saturated carbocycles. The maximum absolute atomic E-state index is 13.1. The normalized spacial score (nSPS) is 13.0. The molecule has 2 amide bonds. The van der Waals surface area contributed by atoms with Crippen molar-refractivity contribution in [1.82, 2.24) is 30.2 Å². The van der Waals surface area contributed by atoms with Crippen LogP contribution in [-0.2, 0) is 0 Å². The molecule has 1 aliphatic carbocycles. The fourth-order valence-electron chi connectivity index (χ4n) is 2.87. The van der Waals surface area contributed by atoms with Crippen LogP contribution in [0.4, 0.5) is 17.3 Å². The van der Waals surface area contributed by atoms with E-state index in [4.69, 9.17) is 0 Å². The lowest BCUT2D eigenvalue weighted by molar-refractivity contribution is 0.0936. The largest absolute Gasteiger partial charge is 0.349 e. The van der Waals surface area contributed by atoms with Gasteiger partial charge in [0.1, 0.15) is 17.8 Å². The fraction of sp³-hybridized carbons (Fsp3) is 0.286. The minimum absolute atomic E-state index is 0.0245. The summed E-state index contributed by atoms with van der Waals surface area (Å²) in [6.45, 7) is 3.72. The number of hydrogen-bond acceptors (Lipinski definition) is 8. The maximum atomic E-state index is 13.1. The summed E-state index contributed by atoms with van der Waals surface area (Å²) in [5, 5.41) is 8.52. The third-order valence-corrected chi connectivity index (χ3v) is 4.47. The van der Waals surface area contributed by atoms with E-state index >= 15 is 0 Å². The van der Waals surface area contributed by atoms with E-state index in [9.17, 15) is 9.59 Å². The first kappa shape index (κ1) is 20.3. The van der Waals surface area contributed by atoms with Gasteiger partial charge in [0.25, 0.3) is 11.8 Å². The van der Waals surface area contributed by atoms with Crippen LogP contribution in [0.3, 0.4) is 0 Å². The molecule has 4 rings (SSSR count). The van der Waals surface area contributed by atoms with Gasteiger partial charge in [0.15, 0.2) is 11.5 Å². The highest BCUT2D eigenvalue weighted by molar-refractivity contribution is 6.06. The lowest BCUT2D eigenvalue weighted by Crippen LogP contribution is -2.31. The Bertz CT molecular complexity index is 1100. The molecule has 10 heteroatoms. The number of amides is 2. The molecule has 3 heterocycles.